The van der Waals surface area contributed by atoms with Gasteiger partial charge in [-0.25, -0.2) is 8.42 Å². The molecule has 4 rings (SSSR count). The number of rotatable bonds is 4. The van der Waals surface area contributed by atoms with E-state index in [0.717, 1.165) is 42.2 Å². The second-order valence-corrected chi connectivity index (χ2v) is 7.88. The third-order valence-electron chi connectivity index (χ3n) is 4.31. The van der Waals surface area contributed by atoms with Crippen molar-refractivity contribution in [1.82, 2.24) is 14.8 Å². The second-order valence-electron chi connectivity index (χ2n) is 6.19. The molecule has 2 aromatic carbocycles. The minimum atomic E-state index is -3.62. The molecule has 3 aromatic rings. The van der Waals surface area contributed by atoms with Gasteiger partial charge in [0.25, 0.3) is 10.0 Å². The lowest BCUT2D eigenvalue weighted by Crippen LogP contribution is -2.13. The lowest BCUT2D eigenvalue weighted by Gasteiger charge is -2.10. The van der Waals surface area contributed by atoms with Gasteiger partial charge in [-0.2, -0.15) is 0 Å². The van der Waals surface area contributed by atoms with Gasteiger partial charge in [0.05, 0.1) is 4.90 Å². The van der Waals surface area contributed by atoms with E-state index >= 15 is 0 Å². The van der Waals surface area contributed by atoms with Crippen molar-refractivity contribution in [3.63, 3.8) is 0 Å². The zero-order chi connectivity index (χ0) is 17.4. The van der Waals surface area contributed by atoms with Crippen LogP contribution >= 0.6 is 0 Å². The summed E-state index contributed by atoms with van der Waals surface area (Å²) in [4.78, 5) is 0.242. The number of nitrogens with zero attached hydrogens (tertiary/aromatic N) is 3. The summed E-state index contributed by atoms with van der Waals surface area (Å²) in [6.07, 6.45) is 2.00. The number of hydrogen-bond acceptors (Lipinski definition) is 4. The highest BCUT2D eigenvalue weighted by Crippen LogP contribution is 2.26. The van der Waals surface area contributed by atoms with Gasteiger partial charge in [0, 0.05) is 24.2 Å². The smallest absolute Gasteiger partial charge is 0.261 e. The van der Waals surface area contributed by atoms with Gasteiger partial charge in [-0.3, -0.25) is 4.72 Å². The lowest BCUT2D eigenvalue weighted by molar-refractivity contribution is 0.601. The molecule has 25 heavy (non-hydrogen) atoms. The van der Waals surface area contributed by atoms with E-state index in [1.807, 2.05) is 19.1 Å². The third kappa shape index (κ3) is 3.02. The highest BCUT2D eigenvalue weighted by Gasteiger charge is 2.19. The van der Waals surface area contributed by atoms with Crippen molar-refractivity contribution < 1.29 is 8.42 Å². The molecule has 0 atom stereocenters. The molecule has 1 aliphatic rings. The van der Waals surface area contributed by atoms with E-state index in [0.29, 0.717) is 5.69 Å². The number of aryl methyl sites for hydroxylation is 2. The third-order valence-corrected chi connectivity index (χ3v) is 5.71. The van der Waals surface area contributed by atoms with Crippen LogP contribution in [-0.2, 0) is 23.0 Å². The first-order chi connectivity index (χ1) is 12.0. The Hall–Kier alpha value is -2.67. The molecule has 7 heteroatoms. The Balaban J connectivity index is 1.64. The molecule has 1 aliphatic heterocycles. The van der Waals surface area contributed by atoms with Crippen molar-refractivity contribution in [3.05, 3.63) is 59.9 Å². The first-order valence-corrected chi connectivity index (χ1v) is 9.63. The molecular weight excluding hydrogens is 336 g/mol. The Morgan fingerprint density at radius 3 is 2.68 bits per heavy atom. The molecule has 0 unspecified atom stereocenters. The maximum Gasteiger partial charge on any atom is 0.261 e. The van der Waals surface area contributed by atoms with Crippen LogP contribution in [0.5, 0.6) is 0 Å². The monoisotopic (exact) mass is 354 g/mol. The molecule has 0 amide bonds. The number of aromatic nitrogens is 3. The largest absolute Gasteiger partial charge is 0.311 e. The summed E-state index contributed by atoms with van der Waals surface area (Å²) < 4.78 is 29.8. The van der Waals surface area contributed by atoms with Crippen molar-refractivity contribution >= 4 is 15.7 Å². The summed E-state index contributed by atoms with van der Waals surface area (Å²) in [5, 5.41) is 8.46. The van der Waals surface area contributed by atoms with E-state index in [-0.39, 0.29) is 4.90 Å². The Labute approximate surface area is 146 Å². The maximum absolute atomic E-state index is 12.6. The molecule has 0 aliphatic carbocycles. The Kier molecular flexibility index (Phi) is 3.80. The Morgan fingerprint density at radius 2 is 1.88 bits per heavy atom. The molecule has 0 bridgehead atoms. The number of sulfonamides is 1. The van der Waals surface area contributed by atoms with Crippen LogP contribution in [0.15, 0.2) is 53.4 Å². The van der Waals surface area contributed by atoms with E-state index in [2.05, 4.69) is 19.5 Å². The van der Waals surface area contributed by atoms with Crippen LogP contribution in [-0.4, -0.2) is 23.2 Å². The average molecular weight is 354 g/mol. The molecule has 0 saturated heterocycles. The van der Waals surface area contributed by atoms with Crippen LogP contribution in [0, 0.1) is 6.92 Å². The Bertz CT molecular complexity index is 1020. The van der Waals surface area contributed by atoms with Crippen molar-refractivity contribution in [3.8, 4) is 11.4 Å². The Morgan fingerprint density at radius 1 is 1.08 bits per heavy atom. The van der Waals surface area contributed by atoms with Gasteiger partial charge in [0.1, 0.15) is 5.82 Å². The molecule has 1 aromatic heterocycles. The van der Waals surface area contributed by atoms with Crippen LogP contribution in [0.2, 0.25) is 0 Å². The molecule has 0 saturated carbocycles. The zero-order valence-electron chi connectivity index (χ0n) is 13.8. The lowest BCUT2D eigenvalue weighted by atomic mass is 10.2. The number of anilines is 1. The molecule has 6 nitrogen and oxygen atoms in total. The van der Waals surface area contributed by atoms with E-state index in [1.54, 1.807) is 36.4 Å². The minimum Gasteiger partial charge on any atom is -0.311 e. The summed E-state index contributed by atoms with van der Waals surface area (Å²) in [6.45, 7) is 2.82. The van der Waals surface area contributed by atoms with E-state index < -0.39 is 10.0 Å². The highest BCUT2D eigenvalue weighted by molar-refractivity contribution is 7.92. The fourth-order valence-electron chi connectivity index (χ4n) is 3.02. The van der Waals surface area contributed by atoms with E-state index in [9.17, 15) is 8.42 Å². The summed E-state index contributed by atoms with van der Waals surface area (Å²) in [6, 6.07) is 14.0. The minimum absolute atomic E-state index is 0.242. The fourth-order valence-corrected chi connectivity index (χ4v) is 4.07. The van der Waals surface area contributed by atoms with Crippen LogP contribution in [0.1, 0.15) is 17.8 Å². The van der Waals surface area contributed by atoms with Crippen molar-refractivity contribution in [2.75, 3.05) is 4.72 Å². The van der Waals surface area contributed by atoms with E-state index in [4.69, 9.17) is 0 Å². The second kappa shape index (κ2) is 6.00. The van der Waals surface area contributed by atoms with Crippen molar-refractivity contribution in [2.24, 2.45) is 0 Å². The number of hydrogen-bond donors (Lipinski definition) is 1. The van der Waals surface area contributed by atoms with Gasteiger partial charge in [0.15, 0.2) is 5.82 Å². The average Bonchev–Trinajstić information content (AvgIpc) is 3.18. The normalized spacial score (nSPS) is 13.6. The van der Waals surface area contributed by atoms with Gasteiger partial charge < -0.3 is 4.57 Å². The van der Waals surface area contributed by atoms with Crippen molar-refractivity contribution in [1.29, 1.82) is 0 Å². The molecule has 128 valence electrons. The van der Waals surface area contributed by atoms with Gasteiger partial charge >= 0.3 is 0 Å². The van der Waals surface area contributed by atoms with Crippen LogP contribution in [0.25, 0.3) is 11.4 Å². The van der Waals surface area contributed by atoms with Crippen molar-refractivity contribution in [2.45, 2.75) is 31.2 Å². The fraction of sp³-hybridized carbons (Fsp3) is 0.222. The maximum atomic E-state index is 12.6. The SMILES string of the molecule is Cc1ccc(S(=O)(=O)Nc2cccc(-c3nnc4n3CCC4)c2)cc1. The molecule has 0 radical (unpaired) electrons. The standard InChI is InChI=1S/C18H18N4O2S/c1-13-7-9-16(10-8-13)25(23,24)21-15-5-2-4-14(12-15)18-20-19-17-6-3-11-22(17)18/h2,4-5,7-10,12,21H,3,6,11H2,1H3. The van der Waals surface area contributed by atoms with Gasteiger partial charge in [-0.1, -0.05) is 29.8 Å². The highest BCUT2D eigenvalue weighted by atomic mass is 32.2. The predicted molar refractivity (Wildman–Crippen MR) is 95.8 cm³/mol. The number of nitrogens with one attached hydrogen (secondary N) is 1. The van der Waals surface area contributed by atoms with E-state index in [1.165, 1.54) is 0 Å². The predicted octanol–water partition coefficient (Wildman–Crippen LogP) is 3.00. The molecule has 0 fully saturated rings. The molecular formula is C18H18N4O2S. The summed E-state index contributed by atoms with van der Waals surface area (Å²) in [5.41, 5.74) is 2.37. The van der Waals surface area contributed by atoms with Gasteiger partial charge in [-0.15, -0.1) is 10.2 Å². The zero-order valence-corrected chi connectivity index (χ0v) is 14.6. The van der Waals surface area contributed by atoms with Crippen LogP contribution < -0.4 is 4.72 Å². The molecule has 2 heterocycles. The van der Waals surface area contributed by atoms with Gasteiger partial charge in [0.2, 0.25) is 0 Å². The van der Waals surface area contributed by atoms with Crippen LogP contribution in [0.4, 0.5) is 5.69 Å². The van der Waals surface area contributed by atoms with Gasteiger partial charge in [-0.05, 0) is 37.6 Å². The number of benzene rings is 2. The van der Waals surface area contributed by atoms with Crippen LogP contribution in [0.3, 0.4) is 0 Å². The number of fused-ring (bicyclic) bond motifs is 1. The first-order valence-electron chi connectivity index (χ1n) is 8.15. The first kappa shape index (κ1) is 15.8. The quantitative estimate of drug-likeness (QED) is 0.781. The molecule has 0 spiro atoms. The molecule has 1 N–H and O–H groups in total. The summed E-state index contributed by atoms with van der Waals surface area (Å²) in [5.74, 6) is 1.77. The summed E-state index contributed by atoms with van der Waals surface area (Å²) in [7, 11) is -3.62. The topological polar surface area (TPSA) is 76.9 Å². The summed E-state index contributed by atoms with van der Waals surface area (Å²) >= 11 is 0.